The van der Waals surface area contributed by atoms with Crippen LogP contribution < -0.4 is 5.32 Å². The Bertz CT molecular complexity index is 168. The fraction of sp³-hybridized carbons (Fsp3) is 0.667. The summed E-state index contributed by atoms with van der Waals surface area (Å²) in [6.45, 7) is 5.20. The van der Waals surface area contributed by atoms with E-state index in [-0.39, 0.29) is 0 Å². The predicted molar refractivity (Wildman–Crippen MR) is 48.9 cm³/mol. The molecule has 0 unspecified atom stereocenters. The van der Waals surface area contributed by atoms with Crippen molar-refractivity contribution < 1.29 is 0 Å². The average Bonchev–Trinajstić information content (AvgIpc) is 2.03. The third kappa shape index (κ3) is 3.33. The fourth-order valence-corrected chi connectivity index (χ4v) is 0.985. The van der Waals surface area contributed by atoms with Crippen molar-refractivity contribution in [2.75, 3.05) is 6.54 Å². The maximum absolute atomic E-state index is 4.28. The summed E-state index contributed by atoms with van der Waals surface area (Å²) in [5.41, 5.74) is 1.19. The summed E-state index contributed by atoms with van der Waals surface area (Å²) >= 11 is 0. The van der Waals surface area contributed by atoms with Crippen LogP contribution in [0.3, 0.4) is 0 Å². The van der Waals surface area contributed by atoms with Gasteiger partial charge in [0.1, 0.15) is 0 Å². The van der Waals surface area contributed by atoms with Crippen LogP contribution in [0.1, 0.15) is 26.7 Å². The Hall–Kier alpha value is -0.630. The van der Waals surface area contributed by atoms with Crippen molar-refractivity contribution in [3.63, 3.8) is 0 Å². The minimum absolute atomic E-state index is 0.549. The third-order valence-electron chi connectivity index (χ3n) is 1.62. The Labute approximate surface area is 68.4 Å². The van der Waals surface area contributed by atoms with Gasteiger partial charge in [-0.25, -0.2) is 0 Å². The Kier molecular flexibility index (Phi) is 3.30. The Balaban J connectivity index is 2.25. The molecule has 1 rings (SSSR count). The van der Waals surface area contributed by atoms with Crippen LogP contribution in [-0.4, -0.2) is 18.8 Å². The van der Waals surface area contributed by atoms with Crippen LogP contribution >= 0.6 is 0 Å². The molecule has 0 aliphatic carbocycles. The van der Waals surface area contributed by atoms with Crippen LogP contribution in [0.5, 0.6) is 0 Å². The summed E-state index contributed by atoms with van der Waals surface area (Å²) in [6, 6.07) is 0.549. The highest BCUT2D eigenvalue weighted by Crippen LogP contribution is 2.04. The standard InChI is InChI=1S/C9H16N2/c1-8(2)11-7-9-5-3-4-6-10-9/h5-6,8,11H,3-4,7H2,1-2H3. The normalized spacial score (nSPS) is 17.2. The van der Waals surface area contributed by atoms with E-state index in [0.29, 0.717) is 6.04 Å². The zero-order chi connectivity index (χ0) is 8.10. The molecule has 1 heterocycles. The monoisotopic (exact) mass is 152 g/mol. The molecule has 0 bridgehead atoms. The zero-order valence-corrected chi connectivity index (χ0v) is 7.30. The van der Waals surface area contributed by atoms with Gasteiger partial charge in [0.15, 0.2) is 0 Å². The smallest absolute Gasteiger partial charge is 0.0498 e. The SMILES string of the molecule is CC(C)NCC1=CCCC=N1. The van der Waals surface area contributed by atoms with E-state index in [1.165, 1.54) is 5.70 Å². The number of aliphatic imine (C=N–C) groups is 1. The van der Waals surface area contributed by atoms with E-state index in [4.69, 9.17) is 0 Å². The van der Waals surface area contributed by atoms with Crippen LogP contribution in [0.25, 0.3) is 0 Å². The lowest BCUT2D eigenvalue weighted by Gasteiger charge is -2.09. The van der Waals surface area contributed by atoms with Crippen molar-refractivity contribution >= 4 is 6.21 Å². The molecule has 2 heteroatoms. The molecule has 0 saturated carbocycles. The molecular weight excluding hydrogens is 136 g/mol. The summed E-state index contributed by atoms with van der Waals surface area (Å²) in [5.74, 6) is 0. The van der Waals surface area contributed by atoms with E-state index < -0.39 is 0 Å². The molecule has 0 aromatic rings. The van der Waals surface area contributed by atoms with Crippen LogP contribution in [-0.2, 0) is 0 Å². The molecular formula is C9H16N2. The first kappa shape index (κ1) is 8.47. The zero-order valence-electron chi connectivity index (χ0n) is 7.30. The Morgan fingerprint density at radius 3 is 2.91 bits per heavy atom. The second-order valence-corrected chi connectivity index (χ2v) is 3.12. The second-order valence-electron chi connectivity index (χ2n) is 3.12. The molecule has 0 aromatic carbocycles. The van der Waals surface area contributed by atoms with E-state index in [0.717, 1.165) is 19.4 Å². The number of hydrogen-bond acceptors (Lipinski definition) is 2. The van der Waals surface area contributed by atoms with Gasteiger partial charge in [0, 0.05) is 24.5 Å². The van der Waals surface area contributed by atoms with Crippen molar-refractivity contribution in [3.8, 4) is 0 Å². The number of rotatable bonds is 3. The number of nitrogens with zero attached hydrogens (tertiary/aromatic N) is 1. The highest BCUT2D eigenvalue weighted by molar-refractivity contribution is 5.60. The number of hydrogen-bond donors (Lipinski definition) is 1. The average molecular weight is 152 g/mol. The number of nitrogens with one attached hydrogen (secondary N) is 1. The molecule has 0 fully saturated rings. The van der Waals surface area contributed by atoms with Crippen molar-refractivity contribution in [2.45, 2.75) is 32.7 Å². The summed E-state index contributed by atoms with van der Waals surface area (Å²) in [4.78, 5) is 4.28. The maximum Gasteiger partial charge on any atom is 0.0498 e. The fourth-order valence-electron chi connectivity index (χ4n) is 0.985. The molecule has 0 radical (unpaired) electrons. The molecule has 1 aliphatic rings. The van der Waals surface area contributed by atoms with E-state index >= 15 is 0 Å². The van der Waals surface area contributed by atoms with Gasteiger partial charge in [0.25, 0.3) is 0 Å². The third-order valence-corrected chi connectivity index (χ3v) is 1.62. The van der Waals surface area contributed by atoms with E-state index in [1.807, 2.05) is 6.21 Å². The van der Waals surface area contributed by atoms with Gasteiger partial charge < -0.3 is 5.32 Å². The van der Waals surface area contributed by atoms with Gasteiger partial charge in [-0.15, -0.1) is 0 Å². The van der Waals surface area contributed by atoms with Gasteiger partial charge in [-0.1, -0.05) is 19.9 Å². The lowest BCUT2D eigenvalue weighted by molar-refractivity contribution is 0.617. The Morgan fingerprint density at radius 2 is 2.36 bits per heavy atom. The van der Waals surface area contributed by atoms with Crippen LogP contribution in [0.15, 0.2) is 16.8 Å². The molecule has 0 aromatic heterocycles. The molecule has 2 nitrogen and oxygen atoms in total. The molecule has 1 N–H and O–H groups in total. The lowest BCUT2D eigenvalue weighted by Crippen LogP contribution is -2.24. The largest absolute Gasteiger partial charge is 0.309 e. The Morgan fingerprint density at radius 1 is 1.55 bits per heavy atom. The molecule has 11 heavy (non-hydrogen) atoms. The van der Waals surface area contributed by atoms with Gasteiger partial charge in [-0.2, -0.15) is 0 Å². The van der Waals surface area contributed by atoms with Crippen LogP contribution in [0, 0.1) is 0 Å². The van der Waals surface area contributed by atoms with Gasteiger partial charge in [-0.3, -0.25) is 4.99 Å². The molecule has 0 saturated heterocycles. The summed E-state index contributed by atoms with van der Waals surface area (Å²) in [6.07, 6.45) is 6.45. The van der Waals surface area contributed by atoms with Gasteiger partial charge in [0.2, 0.25) is 0 Å². The predicted octanol–water partition coefficient (Wildman–Crippen LogP) is 1.73. The summed E-state index contributed by atoms with van der Waals surface area (Å²) < 4.78 is 0. The minimum atomic E-state index is 0.549. The van der Waals surface area contributed by atoms with Gasteiger partial charge >= 0.3 is 0 Å². The first-order valence-corrected chi connectivity index (χ1v) is 4.24. The molecule has 62 valence electrons. The minimum Gasteiger partial charge on any atom is -0.309 e. The molecule has 0 atom stereocenters. The van der Waals surface area contributed by atoms with Crippen molar-refractivity contribution in [1.82, 2.24) is 5.32 Å². The van der Waals surface area contributed by atoms with Gasteiger partial charge in [-0.05, 0) is 12.8 Å². The quantitative estimate of drug-likeness (QED) is 0.654. The highest BCUT2D eigenvalue weighted by atomic mass is 14.9. The van der Waals surface area contributed by atoms with Crippen molar-refractivity contribution in [2.24, 2.45) is 4.99 Å². The molecule has 0 amide bonds. The van der Waals surface area contributed by atoms with E-state index in [1.54, 1.807) is 0 Å². The molecule has 0 spiro atoms. The summed E-state index contributed by atoms with van der Waals surface area (Å²) in [7, 11) is 0. The van der Waals surface area contributed by atoms with Crippen molar-refractivity contribution in [1.29, 1.82) is 0 Å². The summed E-state index contributed by atoms with van der Waals surface area (Å²) in [5, 5.41) is 3.33. The first-order chi connectivity index (χ1) is 5.29. The first-order valence-electron chi connectivity index (χ1n) is 4.24. The van der Waals surface area contributed by atoms with Crippen LogP contribution in [0.4, 0.5) is 0 Å². The molecule has 1 aliphatic heterocycles. The van der Waals surface area contributed by atoms with Gasteiger partial charge in [0.05, 0.1) is 0 Å². The van der Waals surface area contributed by atoms with Crippen LogP contribution in [0.2, 0.25) is 0 Å². The topological polar surface area (TPSA) is 24.4 Å². The van der Waals surface area contributed by atoms with E-state index in [2.05, 4.69) is 30.2 Å². The second kappa shape index (κ2) is 4.29. The lowest BCUT2D eigenvalue weighted by atomic mass is 10.2. The maximum atomic E-state index is 4.28. The highest BCUT2D eigenvalue weighted by Gasteiger charge is 1.98. The van der Waals surface area contributed by atoms with Crippen molar-refractivity contribution in [3.05, 3.63) is 11.8 Å². The number of allylic oxidation sites excluding steroid dienone is 1. The van der Waals surface area contributed by atoms with E-state index in [9.17, 15) is 0 Å².